The lowest BCUT2D eigenvalue weighted by atomic mass is 9.70. The minimum atomic E-state index is 0.620. The van der Waals surface area contributed by atoms with Crippen LogP contribution in [0.2, 0.25) is 0 Å². The Bertz CT molecular complexity index is 219. The van der Waals surface area contributed by atoms with Gasteiger partial charge >= 0.3 is 0 Å². The smallest absolute Gasteiger partial charge is 0.0466 e. The summed E-state index contributed by atoms with van der Waals surface area (Å²) in [5.74, 6) is 2.05. The number of fused-ring (bicyclic) bond motifs is 2. The fraction of sp³-hybridized carbons (Fsp3) is 1.00. The zero-order valence-corrected chi connectivity index (χ0v) is 10.9. The van der Waals surface area contributed by atoms with Crippen LogP contribution in [-0.2, 0) is 4.74 Å². The summed E-state index contributed by atoms with van der Waals surface area (Å²) in [6.07, 6.45) is 8.59. The second kappa shape index (κ2) is 5.50. The molecule has 3 atom stereocenters. The molecule has 2 bridgehead atoms. The Hall–Kier alpha value is -0.0800. The summed E-state index contributed by atoms with van der Waals surface area (Å²) in [5, 5.41) is 3.44. The first kappa shape index (κ1) is 12.4. The van der Waals surface area contributed by atoms with Crippen molar-refractivity contribution >= 4 is 0 Å². The topological polar surface area (TPSA) is 21.3 Å². The first-order valence-corrected chi connectivity index (χ1v) is 7.03. The van der Waals surface area contributed by atoms with Crippen LogP contribution in [0.1, 0.15) is 45.4 Å². The first-order valence-electron chi connectivity index (χ1n) is 7.03. The highest BCUT2D eigenvalue weighted by molar-refractivity contribution is 5.01. The van der Waals surface area contributed by atoms with Crippen molar-refractivity contribution in [2.75, 3.05) is 26.8 Å². The van der Waals surface area contributed by atoms with Gasteiger partial charge < -0.3 is 10.1 Å². The molecule has 2 fully saturated rings. The van der Waals surface area contributed by atoms with Crippen LogP contribution >= 0.6 is 0 Å². The summed E-state index contributed by atoms with van der Waals surface area (Å²) < 4.78 is 5.48. The van der Waals surface area contributed by atoms with Gasteiger partial charge in [0.25, 0.3) is 0 Å². The van der Waals surface area contributed by atoms with E-state index >= 15 is 0 Å². The number of ether oxygens (including phenoxy) is 1. The second-order valence-corrected chi connectivity index (χ2v) is 5.77. The van der Waals surface area contributed by atoms with Gasteiger partial charge in [0.05, 0.1) is 0 Å². The van der Waals surface area contributed by atoms with Gasteiger partial charge in [0, 0.05) is 19.8 Å². The monoisotopic (exact) mass is 225 g/mol. The van der Waals surface area contributed by atoms with Crippen LogP contribution in [-0.4, -0.2) is 26.8 Å². The molecule has 0 aromatic rings. The van der Waals surface area contributed by atoms with Gasteiger partial charge in [0.15, 0.2) is 0 Å². The van der Waals surface area contributed by atoms with Gasteiger partial charge in [0.1, 0.15) is 0 Å². The van der Waals surface area contributed by atoms with Crippen LogP contribution in [0.3, 0.4) is 0 Å². The van der Waals surface area contributed by atoms with Crippen molar-refractivity contribution in [2.45, 2.75) is 45.4 Å². The highest BCUT2D eigenvalue weighted by atomic mass is 16.5. The molecule has 0 aromatic carbocycles. The van der Waals surface area contributed by atoms with E-state index < -0.39 is 0 Å². The summed E-state index contributed by atoms with van der Waals surface area (Å²) in [4.78, 5) is 0. The van der Waals surface area contributed by atoms with Crippen LogP contribution in [0.4, 0.5) is 0 Å². The van der Waals surface area contributed by atoms with Gasteiger partial charge in [0.2, 0.25) is 0 Å². The number of hydrogen-bond donors (Lipinski definition) is 1. The Balaban J connectivity index is 1.84. The molecule has 3 unspecified atom stereocenters. The fourth-order valence-corrected chi connectivity index (χ4v) is 4.19. The van der Waals surface area contributed by atoms with Crippen LogP contribution in [0.15, 0.2) is 0 Å². The number of hydrogen-bond acceptors (Lipinski definition) is 2. The maximum Gasteiger partial charge on any atom is 0.0466 e. The van der Waals surface area contributed by atoms with E-state index in [1.54, 1.807) is 0 Å². The maximum absolute atomic E-state index is 5.48. The average molecular weight is 225 g/mol. The molecule has 2 saturated carbocycles. The molecule has 0 spiro atoms. The van der Waals surface area contributed by atoms with E-state index in [0.717, 1.165) is 25.0 Å². The van der Waals surface area contributed by atoms with Gasteiger partial charge in [-0.1, -0.05) is 6.42 Å². The molecule has 2 aliphatic rings. The molecule has 2 aliphatic carbocycles. The molecular weight excluding hydrogens is 198 g/mol. The largest absolute Gasteiger partial charge is 0.382 e. The molecule has 0 aromatic heterocycles. The van der Waals surface area contributed by atoms with Crippen LogP contribution in [0, 0.1) is 17.3 Å². The van der Waals surface area contributed by atoms with Gasteiger partial charge in [-0.05, 0) is 63.3 Å². The lowest BCUT2D eigenvalue weighted by Gasteiger charge is -2.38. The zero-order chi connectivity index (χ0) is 11.4. The molecule has 0 aliphatic heterocycles. The Morgan fingerprint density at radius 3 is 2.81 bits per heavy atom. The fourth-order valence-electron chi connectivity index (χ4n) is 4.19. The van der Waals surface area contributed by atoms with Crippen molar-refractivity contribution in [2.24, 2.45) is 17.3 Å². The first-order chi connectivity index (χ1) is 7.80. The number of nitrogens with one attached hydrogen (secondary N) is 1. The molecule has 0 amide bonds. The molecule has 16 heavy (non-hydrogen) atoms. The summed E-state index contributed by atoms with van der Waals surface area (Å²) in [5.41, 5.74) is 0.620. The maximum atomic E-state index is 5.48. The SMILES string of the molecule is CCOCCCC1(CNC)CC2CCC1C2. The Morgan fingerprint density at radius 1 is 1.38 bits per heavy atom. The highest BCUT2D eigenvalue weighted by Crippen LogP contribution is 2.57. The predicted octanol–water partition coefficient (Wildman–Crippen LogP) is 2.83. The molecule has 2 nitrogen and oxygen atoms in total. The molecule has 94 valence electrons. The lowest BCUT2D eigenvalue weighted by molar-refractivity contribution is 0.100. The third-order valence-corrected chi connectivity index (χ3v) is 4.80. The van der Waals surface area contributed by atoms with Crippen molar-refractivity contribution in [1.29, 1.82) is 0 Å². The van der Waals surface area contributed by atoms with Crippen molar-refractivity contribution in [3.63, 3.8) is 0 Å². The lowest BCUT2D eigenvalue weighted by Crippen LogP contribution is -2.37. The van der Waals surface area contributed by atoms with E-state index in [0.29, 0.717) is 5.41 Å². The van der Waals surface area contributed by atoms with E-state index in [1.165, 1.54) is 45.1 Å². The minimum Gasteiger partial charge on any atom is -0.382 e. The Kier molecular flexibility index (Phi) is 4.26. The zero-order valence-electron chi connectivity index (χ0n) is 10.9. The quantitative estimate of drug-likeness (QED) is 0.673. The van der Waals surface area contributed by atoms with Crippen molar-refractivity contribution in [1.82, 2.24) is 5.32 Å². The summed E-state index contributed by atoms with van der Waals surface area (Å²) in [6, 6.07) is 0. The normalized spacial score (nSPS) is 37.1. The third-order valence-electron chi connectivity index (χ3n) is 4.80. The molecule has 2 heteroatoms. The van der Waals surface area contributed by atoms with Crippen molar-refractivity contribution in [3.8, 4) is 0 Å². The van der Waals surface area contributed by atoms with E-state index in [9.17, 15) is 0 Å². The van der Waals surface area contributed by atoms with Crippen molar-refractivity contribution < 1.29 is 4.74 Å². The highest BCUT2D eigenvalue weighted by Gasteiger charge is 2.49. The Labute approximate surface area is 100 Å². The summed E-state index contributed by atoms with van der Waals surface area (Å²) in [7, 11) is 2.11. The van der Waals surface area contributed by atoms with E-state index in [1.807, 2.05) is 0 Å². The summed E-state index contributed by atoms with van der Waals surface area (Å²) in [6.45, 7) is 5.13. The molecule has 2 rings (SSSR count). The molecule has 0 heterocycles. The standard InChI is InChI=1S/C14H27NO/c1-3-16-8-4-7-14(11-15-2)10-12-5-6-13(14)9-12/h12-13,15H,3-11H2,1-2H3. The average Bonchev–Trinajstić information content (AvgIpc) is 2.85. The van der Waals surface area contributed by atoms with Crippen molar-refractivity contribution in [3.05, 3.63) is 0 Å². The van der Waals surface area contributed by atoms with Gasteiger partial charge in [-0.2, -0.15) is 0 Å². The molecular formula is C14H27NO. The second-order valence-electron chi connectivity index (χ2n) is 5.77. The molecule has 0 saturated heterocycles. The van der Waals surface area contributed by atoms with Gasteiger partial charge in [-0.25, -0.2) is 0 Å². The third kappa shape index (κ3) is 2.43. The van der Waals surface area contributed by atoms with Gasteiger partial charge in [-0.15, -0.1) is 0 Å². The minimum absolute atomic E-state index is 0.620. The van der Waals surface area contributed by atoms with E-state index in [2.05, 4.69) is 19.3 Å². The molecule has 0 radical (unpaired) electrons. The Morgan fingerprint density at radius 2 is 2.25 bits per heavy atom. The van der Waals surface area contributed by atoms with Crippen LogP contribution in [0.5, 0.6) is 0 Å². The van der Waals surface area contributed by atoms with E-state index in [4.69, 9.17) is 4.74 Å². The van der Waals surface area contributed by atoms with Crippen LogP contribution < -0.4 is 5.32 Å². The predicted molar refractivity (Wildman–Crippen MR) is 67.5 cm³/mol. The van der Waals surface area contributed by atoms with Crippen LogP contribution in [0.25, 0.3) is 0 Å². The molecule has 1 N–H and O–H groups in total. The van der Waals surface area contributed by atoms with E-state index in [-0.39, 0.29) is 0 Å². The summed E-state index contributed by atoms with van der Waals surface area (Å²) >= 11 is 0. The van der Waals surface area contributed by atoms with Gasteiger partial charge in [-0.3, -0.25) is 0 Å². The number of rotatable bonds is 7.